The third-order valence-corrected chi connectivity index (χ3v) is 5.50. The van der Waals surface area contributed by atoms with E-state index in [0.29, 0.717) is 0 Å². The number of aryl methyl sites for hydroxylation is 1. The highest BCUT2D eigenvalue weighted by atomic mass is 14.2. The van der Waals surface area contributed by atoms with Gasteiger partial charge in [0.05, 0.1) is 0 Å². The van der Waals surface area contributed by atoms with E-state index in [4.69, 9.17) is 0 Å². The highest BCUT2D eigenvalue weighted by Gasteiger charge is 2.20. The van der Waals surface area contributed by atoms with E-state index >= 15 is 0 Å². The summed E-state index contributed by atoms with van der Waals surface area (Å²) >= 11 is 0. The van der Waals surface area contributed by atoms with E-state index in [-0.39, 0.29) is 0 Å². The first-order valence-electron chi connectivity index (χ1n) is 10.2. The van der Waals surface area contributed by atoms with Gasteiger partial charge in [-0.15, -0.1) is 0 Å². The minimum absolute atomic E-state index is 0.914. The van der Waals surface area contributed by atoms with Crippen LogP contribution in [0.4, 0.5) is 0 Å². The van der Waals surface area contributed by atoms with Crippen molar-refractivity contribution in [2.75, 3.05) is 0 Å². The molecular formula is C28H30. The van der Waals surface area contributed by atoms with Crippen LogP contribution in [-0.4, -0.2) is 0 Å². The van der Waals surface area contributed by atoms with Crippen molar-refractivity contribution in [2.45, 2.75) is 40.0 Å². The Hall–Kier alpha value is -2.86. The maximum atomic E-state index is 4.52. The van der Waals surface area contributed by atoms with Crippen LogP contribution in [0.1, 0.15) is 44.2 Å². The second-order valence-electron chi connectivity index (χ2n) is 7.46. The molecule has 0 atom stereocenters. The van der Waals surface area contributed by atoms with Crippen LogP contribution >= 0.6 is 0 Å². The molecular weight excluding hydrogens is 336 g/mol. The Morgan fingerprint density at radius 3 is 2.25 bits per heavy atom. The fourth-order valence-corrected chi connectivity index (χ4v) is 4.01. The largest absolute Gasteiger partial charge is 0.0952 e. The molecule has 2 aliphatic rings. The van der Waals surface area contributed by atoms with Crippen LogP contribution in [0.3, 0.4) is 0 Å². The molecule has 0 fully saturated rings. The van der Waals surface area contributed by atoms with E-state index in [2.05, 4.69) is 101 Å². The number of allylic oxidation sites excluding steroid dienone is 14. The topological polar surface area (TPSA) is 0 Å². The Kier molecular flexibility index (Phi) is 6.31. The Morgan fingerprint density at radius 2 is 1.61 bits per heavy atom. The molecule has 2 bridgehead atoms. The minimum Gasteiger partial charge on any atom is -0.0952 e. The summed E-state index contributed by atoms with van der Waals surface area (Å²) in [5, 5.41) is 0. The van der Waals surface area contributed by atoms with Crippen LogP contribution in [0.5, 0.6) is 0 Å². The monoisotopic (exact) mass is 366 g/mol. The van der Waals surface area contributed by atoms with Gasteiger partial charge < -0.3 is 0 Å². The molecule has 1 aromatic carbocycles. The second kappa shape index (κ2) is 8.89. The van der Waals surface area contributed by atoms with E-state index < -0.39 is 0 Å². The van der Waals surface area contributed by atoms with Crippen LogP contribution in [0.25, 0.3) is 5.57 Å². The SMILES string of the molecule is C=C(CCC)C1=CC=C(C(=C)/C(=C/C)c2ccccc2C)C2=CC=CC=C1C2. The average molecular weight is 367 g/mol. The molecule has 0 heterocycles. The number of rotatable bonds is 6. The Morgan fingerprint density at radius 1 is 0.964 bits per heavy atom. The Balaban J connectivity index is 2.07. The third kappa shape index (κ3) is 4.02. The predicted molar refractivity (Wildman–Crippen MR) is 124 cm³/mol. The highest BCUT2D eigenvalue weighted by molar-refractivity contribution is 5.86. The van der Waals surface area contributed by atoms with Gasteiger partial charge >= 0.3 is 0 Å². The summed E-state index contributed by atoms with van der Waals surface area (Å²) in [6.07, 6.45) is 18.5. The molecule has 0 aliphatic heterocycles. The molecule has 0 amide bonds. The first-order chi connectivity index (χ1) is 13.6. The van der Waals surface area contributed by atoms with Crippen LogP contribution in [0.15, 0.2) is 113 Å². The number of benzene rings is 1. The summed E-state index contributed by atoms with van der Waals surface area (Å²) in [5.41, 5.74) is 11.2. The quantitative estimate of drug-likeness (QED) is 0.447. The molecule has 0 aromatic heterocycles. The van der Waals surface area contributed by atoms with Gasteiger partial charge in [0, 0.05) is 0 Å². The van der Waals surface area contributed by atoms with Gasteiger partial charge in [-0.3, -0.25) is 0 Å². The fourth-order valence-electron chi connectivity index (χ4n) is 4.01. The zero-order valence-corrected chi connectivity index (χ0v) is 17.4. The zero-order valence-electron chi connectivity index (χ0n) is 17.4. The molecule has 0 N–H and O–H groups in total. The van der Waals surface area contributed by atoms with Crippen molar-refractivity contribution in [1.82, 2.24) is 0 Å². The first-order valence-corrected chi connectivity index (χ1v) is 10.2. The Labute approximate surface area is 170 Å². The summed E-state index contributed by atoms with van der Waals surface area (Å²) in [5.74, 6) is 0. The molecule has 1 aromatic rings. The van der Waals surface area contributed by atoms with Gasteiger partial charge in [0.1, 0.15) is 0 Å². The number of fused-ring (bicyclic) bond motifs is 2. The second-order valence-corrected chi connectivity index (χ2v) is 7.46. The van der Waals surface area contributed by atoms with Gasteiger partial charge in [-0.1, -0.05) is 93.3 Å². The molecule has 0 spiro atoms. The van der Waals surface area contributed by atoms with Crippen LogP contribution < -0.4 is 0 Å². The lowest BCUT2D eigenvalue weighted by atomic mass is 9.85. The first kappa shape index (κ1) is 19.9. The van der Waals surface area contributed by atoms with E-state index in [1.165, 1.54) is 44.6 Å². The molecule has 0 unspecified atom stereocenters. The van der Waals surface area contributed by atoms with E-state index in [0.717, 1.165) is 24.8 Å². The maximum Gasteiger partial charge on any atom is -0.00136 e. The standard InChI is InChI=1S/C28H30/c1-6-12-20(3)26-17-18-28(24-15-10-9-14-23(26)19-24)22(5)25(7-2)27-16-11-8-13-21(27)4/h7-11,13-18H,3,5-6,12,19H2,1-2,4H3/b25-7-. The molecule has 0 radical (unpaired) electrons. The molecule has 0 saturated heterocycles. The normalized spacial score (nSPS) is 16.3. The molecule has 2 aliphatic carbocycles. The maximum absolute atomic E-state index is 4.52. The summed E-state index contributed by atoms with van der Waals surface area (Å²) in [7, 11) is 0. The van der Waals surface area contributed by atoms with Gasteiger partial charge in [-0.25, -0.2) is 0 Å². The fraction of sp³-hybridized carbons (Fsp3) is 0.214. The molecule has 28 heavy (non-hydrogen) atoms. The zero-order chi connectivity index (χ0) is 20.1. The van der Waals surface area contributed by atoms with E-state index in [1.54, 1.807) is 0 Å². The van der Waals surface area contributed by atoms with Gasteiger partial charge in [0.15, 0.2) is 0 Å². The van der Waals surface area contributed by atoms with Crippen molar-refractivity contribution in [1.29, 1.82) is 0 Å². The van der Waals surface area contributed by atoms with Crippen molar-refractivity contribution >= 4 is 5.57 Å². The highest BCUT2D eigenvalue weighted by Crippen LogP contribution is 2.39. The summed E-state index contributed by atoms with van der Waals surface area (Å²) in [4.78, 5) is 0. The van der Waals surface area contributed by atoms with Crippen LogP contribution in [-0.2, 0) is 0 Å². The van der Waals surface area contributed by atoms with Crippen LogP contribution in [0, 0.1) is 6.92 Å². The Bertz CT molecular complexity index is 981. The smallest absolute Gasteiger partial charge is 0.00136 e. The van der Waals surface area contributed by atoms with Crippen molar-refractivity contribution in [3.63, 3.8) is 0 Å². The predicted octanol–water partition coefficient (Wildman–Crippen LogP) is 7.99. The molecule has 3 rings (SSSR count). The average Bonchev–Trinajstić information content (AvgIpc) is 3.03. The molecule has 0 heteroatoms. The van der Waals surface area contributed by atoms with Gasteiger partial charge in [-0.2, -0.15) is 0 Å². The molecule has 142 valence electrons. The van der Waals surface area contributed by atoms with Crippen molar-refractivity contribution in [3.8, 4) is 0 Å². The van der Waals surface area contributed by atoms with Gasteiger partial charge in [-0.05, 0) is 76.8 Å². The lowest BCUT2D eigenvalue weighted by Gasteiger charge is -2.18. The van der Waals surface area contributed by atoms with E-state index in [1.807, 2.05) is 0 Å². The van der Waals surface area contributed by atoms with Crippen molar-refractivity contribution in [2.24, 2.45) is 0 Å². The summed E-state index contributed by atoms with van der Waals surface area (Å²) in [6, 6.07) is 8.53. The molecule has 0 saturated carbocycles. The van der Waals surface area contributed by atoms with Gasteiger partial charge in [0.25, 0.3) is 0 Å². The van der Waals surface area contributed by atoms with E-state index in [9.17, 15) is 0 Å². The molecule has 0 nitrogen and oxygen atoms in total. The van der Waals surface area contributed by atoms with Gasteiger partial charge in [0.2, 0.25) is 0 Å². The lowest BCUT2D eigenvalue weighted by molar-refractivity contribution is 0.914. The number of hydrogen-bond donors (Lipinski definition) is 0. The van der Waals surface area contributed by atoms with Crippen LogP contribution in [0.2, 0.25) is 0 Å². The van der Waals surface area contributed by atoms with Crippen molar-refractivity contribution in [3.05, 3.63) is 125 Å². The minimum atomic E-state index is 0.914. The summed E-state index contributed by atoms with van der Waals surface area (Å²) in [6.45, 7) is 15.3. The third-order valence-electron chi connectivity index (χ3n) is 5.50. The van der Waals surface area contributed by atoms with Crippen molar-refractivity contribution < 1.29 is 0 Å². The lowest BCUT2D eigenvalue weighted by Crippen LogP contribution is -1.99. The number of hydrogen-bond acceptors (Lipinski definition) is 0. The summed E-state index contributed by atoms with van der Waals surface area (Å²) < 4.78 is 0.